The highest BCUT2D eigenvalue weighted by atomic mass is 19.1. The first-order chi connectivity index (χ1) is 20.1. The van der Waals surface area contributed by atoms with E-state index in [0.29, 0.717) is 51.2 Å². The van der Waals surface area contributed by atoms with E-state index in [9.17, 15) is 28.4 Å². The van der Waals surface area contributed by atoms with Gasteiger partial charge >= 0.3 is 11.9 Å². The molecule has 1 aromatic carbocycles. The standard InChI is InChI=1S/C26H32FN3O4.C4H4O4/c27-18-9-10-24(34-20-5-1-2-6-20)23(15-18)29-13-11-28(12-14-29)16-19(31)17-30-25(32)21-7-3-4-8-22(21)26(30)33;5-3(6)1-2-4(7)8/h3-4,9-10,15,20-22H,1-2,5-8,11-14,16-17H2;1-2H,(H,5,6)(H,7,8)/b;2-1-. The maximum atomic E-state index is 14.0. The number of ketones is 1. The van der Waals surface area contributed by atoms with Crippen molar-refractivity contribution in [2.75, 3.05) is 44.2 Å². The van der Waals surface area contributed by atoms with Gasteiger partial charge in [0.2, 0.25) is 11.8 Å². The maximum absolute atomic E-state index is 14.0. The van der Waals surface area contributed by atoms with Crippen LogP contribution < -0.4 is 9.64 Å². The SMILES string of the molecule is O=C(CN1CCN(c2cc(F)ccc2OC2CCCC2)CC1)CN1C(=O)C2CC=CCC2C1=O.O=C(O)/C=C\C(=O)O. The third kappa shape index (κ3) is 8.03. The molecule has 2 amide bonds. The van der Waals surface area contributed by atoms with Crippen LogP contribution in [-0.4, -0.2) is 94.9 Å². The Morgan fingerprint density at radius 1 is 0.881 bits per heavy atom. The summed E-state index contributed by atoms with van der Waals surface area (Å²) in [6.45, 7) is 2.63. The Balaban J connectivity index is 0.000000446. The number of ether oxygens (including phenoxy) is 1. The third-order valence-corrected chi connectivity index (χ3v) is 7.93. The second-order valence-electron chi connectivity index (χ2n) is 10.9. The predicted molar refractivity (Wildman–Crippen MR) is 149 cm³/mol. The van der Waals surface area contributed by atoms with Crippen molar-refractivity contribution in [2.24, 2.45) is 11.8 Å². The molecule has 12 heteroatoms. The monoisotopic (exact) mass is 585 g/mol. The molecule has 1 saturated carbocycles. The van der Waals surface area contributed by atoms with Gasteiger partial charge in [-0.1, -0.05) is 12.2 Å². The van der Waals surface area contributed by atoms with E-state index in [1.165, 1.54) is 29.9 Å². The van der Waals surface area contributed by atoms with Crippen LogP contribution in [0, 0.1) is 17.7 Å². The van der Waals surface area contributed by atoms with Crippen LogP contribution in [0.5, 0.6) is 5.75 Å². The number of fused-ring (bicyclic) bond motifs is 1. The molecule has 2 heterocycles. The quantitative estimate of drug-likeness (QED) is 0.252. The summed E-state index contributed by atoms with van der Waals surface area (Å²) in [4.78, 5) is 62.4. The number of anilines is 1. The number of benzene rings is 1. The highest BCUT2D eigenvalue weighted by Gasteiger charge is 2.47. The molecule has 11 nitrogen and oxygen atoms in total. The van der Waals surface area contributed by atoms with Gasteiger partial charge in [0.1, 0.15) is 11.6 Å². The van der Waals surface area contributed by atoms with Crippen LogP contribution >= 0.6 is 0 Å². The molecule has 42 heavy (non-hydrogen) atoms. The Morgan fingerprint density at radius 3 is 2.00 bits per heavy atom. The van der Waals surface area contributed by atoms with E-state index in [2.05, 4.69) is 4.90 Å². The number of amides is 2. The van der Waals surface area contributed by atoms with Gasteiger partial charge in [-0.25, -0.2) is 14.0 Å². The van der Waals surface area contributed by atoms with Crippen LogP contribution in [0.25, 0.3) is 0 Å². The molecule has 2 N–H and O–H groups in total. The van der Waals surface area contributed by atoms with Crippen LogP contribution in [0.3, 0.4) is 0 Å². The van der Waals surface area contributed by atoms with Crippen LogP contribution in [0.2, 0.25) is 0 Å². The Hall–Kier alpha value is -4.06. The molecule has 2 aliphatic heterocycles. The van der Waals surface area contributed by atoms with Crippen molar-refractivity contribution < 1.29 is 43.3 Å². The summed E-state index contributed by atoms with van der Waals surface area (Å²) in [5.74, 6) is -3.24. The number of halogens is 1. The zero-order valence-electron chi connectivity index (χ0n) is 23.3. The van der Waals surface area contributed by atoms with Crippen molar-refractivity contribution in [2.45, 2.75) is 44.6 Å². The van der Waals surface area contributed by atoms with Crippen molar-refractivity contribution in [1.82, 2.24) is 9.80 Å². The largest absolute Gasteiger partial charge is 0.488 e. The molecular weight excluding hydrogens is 549 g/mol. The molecular formula is C30H36FN3O8. The summed E-state index contributed by atoms with van der Waals surface area (Å²) >= 11 is 0. The molecule has 3 fully saturated rings. The lowest BCUT2D eigenvalue weighted by atomic mass is 9.85. The van der Waals surface area contributed by atoms with E-state index < -0.39 is 11.9 Å². The van der Waals surface area contributed by atoms with Gasteiger partial charge in [-0.3, -0.25) is 24.2 Å². The topological polar surface area (TPSA) is 145 Å². The van der Waals surface area contributed by atoms with Crippen LogP contribution in [0.4, 0.5) is 10.1 Å². The number of aliphatic carboxylic acids is 2. The van der Waals surface area contributed by atoms with Gasteiger partial charge < -0.3 is 19.8 Å². The second kappa shape index (κ2) is 14.2. The minimum atomic E-state index is -1.26. The fraction of sp³-hybridized carbons (Fsp3) is 0.500. The molecule has 2 unspecified atom stereocenters. The Bertz CT molecular complexity index is 1210. The van der Waals surface area contributed by atoms with Gasteiger partial charge in [0.25, 0.3) is 0 Å². The molecule has 4 aliphatic rings. The number of carbonyl (C=O) groups is 5. The number of carboxylic acids is 2. The summed E-state index contributed by atoms with van der Waals surface area (Å²) in [5.41, 5.74) is 0.766. The number of carbonyl (C=O) groups excluding carboxylic acids is 3. The normalized spacial score (nSPS) is 22.7. The number of Topliss-reactive ketones (excluding diaryl/α,β-unsaturated/α-hetero) is 1. The van der Waals surface area contributed by atoms with Crippen LogP contribution in [0.1, 0.15) is 38.5 Å². The molecule has 226 valence electrons. The van der Waals surface area contributed by atoms with Crippen molar-refractivity contribution in [1.29, 1.82) is 0 Å². The number of hydrogen-bond acceptors (Lipinski definition) is 8. The fourth-order valence-electron chi connectivity index (χ4n) is 5.81. The lowest BCUT2D eigenvalue weighted by Crippen LogP contribution is -2.49. The first kappa shape index (κ1) is 30.9. The average Bonchev–Trinajstić information content (AvgIpc) is 3.56. The average molecular weight is 586 g/mol. The number of imide groups is 1. The van der Waals surface area contributed by atoms with Crippen LogP contribution in [-0.2, 0) is 24.0 Å². The van der Waals surface area contributed by atoms with Gasteiger partial charge in [0.05, 0.1) is 36.7 Å². The summed E-state index contributed by atoms with van der Waals surface area (Å²) in [6.07, 6.45) is 10.8. The minimum absolute atomic E-state index is 0.127. The van der Waals surface area contributed by atoms with Crippen molar-refractivity contribution in [3.8, 4) is 5.75 Å². The van der Waals surface area contributed by atoms with E-state index >= 15 is 0 Å². The van der Waals surface area contributed by atoms with Gasteiger partial charge in [-0.2, -0.15) is 0 Å². The van der Waals surface area contributed by atoms with Crippen molar-refractivity contribution >= 4 is 35.2 Å². The molecule has 0 bridgehead atoms. The number of piperazine rings is 1. The zero-order valence-corrected chi connectivity index (χ0v) is 23.3. The molecule has 2 atom stereocenters. The van der Waals surface area contributed by atoms with Crippen LogP contribution in [0.15, 0.2) is 42.5 Å². The van der Waals surface area contributed by atoms with Crippen molar-refractivity contribution in [3.05, 3.63) is 48.3 Å². The van der Waals surface area contributed by atoms with Crippen molar-refractivity contribution in [3.63, 3.8) is 0 Å². The van der Waals surface area contributed by atoms with E-state index in [1.807, 2.05) is 17.1 Å². The lowest BCUT2D eigenvalue weighted by molar-refractivity contribution is -0.143. The molecule has 0 spiro atoms. The molecule has 2 saturated heterocycles. The molecule has 2 aliphatic carbocycles. The maximum Gasteiger partial charge on any atom is 0.328 e. The van der Waals surface area contributed by atoms with Gasteiger partial charge in [0.15, 0.2) is 5.78 Å². The summed E-state index contributed by atoms with van der Waals surface area (Å²) < 4.78 is 20.2. The highest BCUT2D eigenvalue weighted by Crippen LogP contribution is 2.35. The lowest BCUT2D eigenvalue weighted by Gasteiger charge is -2.36. The first-order valence-corrected chi connectivity index (χ1v) is 14.2. The zero-order chi connectivity index (χ0) is 30.2. The summed E-state index contributed by atoms with van der Waals surface area (Å²) in [5, 5.41) is 15.6. The highest BCUT2D eigenvalue weighted by molar-refractivity contribution is 6.07. The Kier molecular flexibility index (Phi) is 10.5. The minimum Gasteiger partial charge on any atom is -0.488 e. The van der Waals surface area contributed by atoms with Gasteiger partial charge in [-0.05, 0) is 50.7 Å². The van der Waals surface area contributed by atoms with Gasteiger partial charge in [-0.15, -0.1) is 0 Å². The molecule has 5 rings (SSSR count). The second-order valence-corrected chi connectivity index (χ2v) is 10.9. The number of nitrogens with zero attached hydrogens (tertiary/aromatic N) is 3. The molecule has 0 radical (unpaired) electrons. The number of allylic oxidation sites excluding steroid dienone is 2. The smallest absolute Gasteiger partial charge is 0.328 e. The van der Waals surface area contributed by atoms with E-state index in [1.54, 1.807) is 6.07 Å². The predicted octanol–water partition coefficient (Wildman–Crippen LogP) is 2.50. The number of rotatable bonds is 9. The number of likely N-dealkylation sites (tertiary alicyclic amines) is 1. The molecule has 1 aromatic rings. The van der Waals surface area contributed by atoms with E-state index in [0.717, 1.165) is 24.3 Å². The van der Waals surface area contributed by atoms with E-state index in [4.69, 9.17) is 14.9 Å². The first-order valence-electron chi connectivity index (χ1n) is 14.2. The summed E-state index contributed by atoms with van der Waals surface area (Å²) in [7, 11) is 0. The number of hydrogen-bond donors (Lipinski definition) is 2. The molecule has 0 aromatic heterocycles. The van der Waals surface area contributed by atoms with E-state index in [-0.39, 0.29) is 54.4 Å². The number of carboxylic acid groups (broad SMARTS) is 2. The Labute approximate surface area is 243 Å². The fourth-order valence-corrected chi connectivity index (χ4v) is 5.81. The van der Waals surface area contributed by atoms with Gasteiger partial charge in [0, 0.05) is 44.4 Å². The Morgan fingerprint density at radius 2 is 1.45 bits per heavy atom. The third-order valence-electron chi connectivity index (χ3n) is 7.93. The summed E-state index contributed by atoms with van der Waals surface area (Å²) in [6, 6.07) is 4.69.